The fourth-order valence-electron chi connectivity index (χ4n) is 3.11. The first-order chi connectivity index (χ1) is 10.1. The van der Waals surface area contributed by atoms with Crippen LogP contribution in [0, 0.1) is 0 Å². The van der Waals surface area contributed by atoms with Gasteiger partial charge in [0.2, 0.25) is 0 Å². The second kappa shape index (κ2) is 5.53. The molecule has 0 aliphatic heterocycles. The number of likely N-dealkylation sites (N-methyl/N-ethyl adjacent to an activating group) is 1. The van der Waals surface area contributed by atoms with Crippen LogP contribution in [0.5, 0.6) is 0 Å². The Kier molecular flexibility index (Phi) is 3.72. The lowest BCUT2D eigenvalue weighted by molar-refractivity contribution is 0.0956. The fraction of sp³-hybridized carbons (Fsp3) is 0.471. The van der Waals surface area contributed by atoms with Gasteiger partial charge in [0.25, 0.3) is 5.91 Å². The van der Waals surface area contributed by atoms with Gasteiger partial charge < -0.3 is 14.6 Å². The summed E-state index contributed by atoms with van der Waals surface area (Å²) in [6.07, 6.45) is 3.10. The number of fused-ring (bicyclic) bond motifs is 3. The van der Waals surface area contributed by atoms with Crippen LogP contribution in [-0.4, -0.2) is 37.5 Å². The Morgan fingerprint density at radius 1 is 1.43 bits per heavy atom. The van der Waals surface area contributed by atoms with Crippen LogP contribution in [0.25, 0.3) is 11.0 Å². The standard InChI is InChI=1S/C17H22N2O2/c1-4-18-17(20)11-5-7-15-13(9-11)14-10-12(19(2)3)6-8-16(14)21-15/h5,7,9,12H,4,6,8,10H2,1-3H3,(H,18,20). The molecule has 0 fully saturated rings. The van der Waals surface area contributed by atoms with E-state index in [1.54, 1.807) is 0 Å². The zero-order valence-corrected chi connectivity index (χ0v) is 12.9. The third-order valence-corrected chi connectivity index (χ3v) is 4.35. The fourth-order valence-corrected chi connectivity index (χ4v) is 3.11. The van der Waals surface area contributed by atoms with Gasteiger partial charge in [-0.3, -0.25) is 4.79 Å². The van der Waals surface area contributed by atoms with Crippen LogP contribution in [0.1, 0.15) is 35.0 Å². The molecule has 1 heterocycles. The van der Waals surface area contributed by atoms with E-state index in [1.807, 2.05) is 25.1 Å². The number of aryl methyl sites for hydroxylation is 1. The number of nitrogens with zero attached hydrogens (tertiary/aromatic N) is 1. The molecule has 1 aliphatic carbocycles. The van der Waals surface area contributed by atoms with E-state index in [4.69, 9.17) is 4.42 Å². The first-order valence-electron chi connectivity index (χ1n) is 7.59. The highest BCUT2D eigenvalue weighted by molar-refractivity contribution is 5.98. The molecule has 0 saturated carbocycles. The summed E-state index contributed by atoms with van der Waals surface area (Å²) in [5.41, 5.74) is 2.88. The molecule has 1 N–H and O–H groups in total. The van der Waals surface area contributed by atoms with Crippen molar-refractivity contribution < 1.29 is 9.21 Å². The predicted octanol–water partition coefficient (Wildman–Crippen LogP) is 2.60. The van der Waals surface area contributed by atoms with Crippen LogP contribution >= 0.6 is 0 Å². The third kappa shape index (κ3) is 2.56. The Morgan fingerprint density at radius 2 is 2.24 bits per heavy atom. The van der Waals surface area contributed by atoms with Gasteiger partial charge in [-0.1, -0.05) is 0 Å². The van der Waals surface area contributed by atoms with Gasteiger partial charge in [0, 0.05) is 35.5 Å². The van der Waals surface area contributed by atoms with Gasteiger partial charge in [0.15, 0.2) is 0 Å². The molecule has 4 heteroatoms. The number of benzene rings is 1. The van der Waals surface area contributed by atoms with Crippen LogP contribution < -0.4 is 5.32 Å². The smallest absolute Gasteiger partial charge is 0.251 e. The molecule has 1 aliphatic rings. The third-order valence-electron chi connectivity index (χ3n) is 4.35. The van der Waals surface area contributed by atoms with Crippen molar-refractivity contribution in [2.75, 3.05) is 20.6 Å². The number of hydrogen-bond acceptors (Lipinski definition) is 3. The SMILES string of the molecule is CCNC(=O)c1ccc2oc3c(c2c1)CC(N(C)C)CC3. The van der Waals surface area contributed by atoms with Crippen LogP contribution in [0.3, 0.4) is 0 Å². The highest BCUT2D eigenvalue weighted by Gasteiger charge is 2.25. The first kappa shape index (κ1) is 14.1. The van der Waals surface area contributed by atoms with Crippen molar-refractivity contribution in [2.45, 2.75) is 32.2 Å². The molecule has 1 atom stereocenters. The van der Waals surface area contributed by atoms with Crippen LogP contribution in [0.4, 0.5) is 0 Å². The maximum Gasteiger partial charge on any atom is 0.251 e. The van der Waals surface area contributed by atoms with Crippen molar-refractivity contribution in [3.8, 4) is 0 Å². The molecule has 0 saturated heterocycles. The summed E-state index contributed by atoms with van der Waals surface area (Å²) in [5.74, 6) is 1.07. The maximum atomic E-state index is 12.0. The molecule has 1 amide bonds. The molecular formula is C17H22N2O2. The van der Waals surface area contributed by atoms with E-state index in [9.17, 15) is 4.79 Å². The molecule has 2 aromatic rings. The largest absolute Gasteiger partial charge is 0.461 e. The van der Waals surface area contributed by atoms with Gasteiger partial charge in [0.05, 0.1) is 0 Å². The van der Waals surface area contributed by atoms with Crippen LogP contribution in [-0.2, 0) is 12.8 Å². The van der Waals surface area contributed by atoms with Crippen molar-refractivity contribution in [3.63, 3.8) is 0 Å². The predicted molar refractivity (Wildman–Crippen MR) is 83.7 cm³/mol. The summed E-state index contributed by atoms with van der Waals surface area (Å²) in [4.78, 5) is 14.3. The zero-order chi connectivity index (χ0) is 15.0. The van der Waals surface area contributed by atoms with E-state index in [2.05, 4.69) is 24.3 Å². The lowest BCUT2D eigenvalue weighted by atomic mass is 9.91. The highest BCUT2D eigenvalue weighted by atomic mass is 16.3. The van der Waals surface area contributed by atoms with Crippen molar-refractivity contribution in [1.29, 1.82) is 0 Å². The summed E-state index contributed by atoms with van der Waals surface area (Å²) >= 11 is 0. The lowest BCUT2D eigenvalue weighted by Crippen LogP contribution is -2.33. The number of nitrogens with one attached hydrogen (secondary N) is 1. The van der Waals surface area contributed by atoms with E-state index < -0.39 is 0 Å². The molecule has 3 rings (SSSR count). The average molecular weight is 286 g/mol. The number of rotatable bonds is 3. The van der Waals surface area contributed by atoms with E-state index in [0.717, 1.165) is 36.0 Å². The van der Waals surface area contributed by atoms with Gasteiger partial charge in [-0.25, -0.2) is 0 Å². The summed E-state index contributed by atoms with van der Waals surface area (Å²) in [6, 6.07) is 6.28. The Bertz CT molecular complexity index is 673. The average Bonchev–Trinajstić information content (AvgIpc) is 2.84. The monoisotopic (exact) mass is 286 g/mol. The molecule has 0 spiro atoms. The number of hydrogen-bond donors (Lipinski definition) is 1. The van der Waals surface area contributed by atoms with E-state index in [1.165, 1.54) is 5.56 Å². The van der Waals surface area contributed by atoms with Gasteiger partial charge in [-0.15, -0.1) is 0 Å². The summed E-state index contributed by atoms with van der Waals surface area (Å²) < 4.78 is 5.96. The van der Waals surface area contributed by atoms with Crippen LogP contribution in [0.15, 0.2) is 22.6 Å². The van der Waals surface area contributed by atoms with Gasteiger partial charge >= 0.3 is 0 Å². The molecule has 1 unspecified atom stereocenters. The second-order valence-corrected chi connectivity index (χ2v) is 5.93. The minimum absolute atomic E-state index is 0.0191. The lowest BCUT2D eigenvalue weighted by Gasteiger charge is -2.27. The topological polar surface area (TPSA) is 45.5 Å². The number of carbonyl (C=O) groups excluding carboxylic acids is 1. The van der Waals surface area contributed by atoms with Crippen molar-refractivity contribution in [3.05, 3.63) is 35.1 Å². The van der Waals surface area contributed by atoms with Gasteiger partial charge in [-0.05, 0) is 52.1 Å². The minimum Gasteiger partial charge on any atom is -0.461 e. The normalized spacial score (nSPS) is 18.0. The summed E-state index contributed by atoms with van der Waals surface area (Å²) in [6.45, 7) is 2.57. The Hall–Kier alpha value is -1.81. The number of amides is 1. The zero-order valence-electron chi connectivity index (χ0n) is 12.9. The molecule has 0 bridgehead atoms. The van der Waals surface area contributed by atoms with Crippen molar-refractivity contribution in [1.82, 2.24) is 10.2 Å². The number of furan rings is 1. The molecule has 21 heavy (non-hydrogen) atoms. The Balaban J connectivity index is 2.01. The van der Waals surface area contributed by atoms with Crippen molar-refractivity contribution in [2.24, 2.45) is 0 Å². The molecular weight excluding hydrogens is 264 g/mol. The van der Waals surface area contributed by atoms with Crippen molar-refractivity contribution >= 4 is 16.9 Å². The second-order valence-electron chi connectivity index (χ2n) is 5.93. The summed E-state index contributed by atoms with van der Waals surface area (Å²) in [7, 11) is 4.25. The quantitative estimate of drug-likeness (QED) is 0.943. The van der Waals surface area contributed by atoms with E-state index in [-0.39, 0.29) is 5.91 Å². The van der Waals surface area contributed by atoms with Gasteiger partial charge in [0.1, 0.15) is 11.3 Å². The first-order valence-corrected chi connectivity index (χ1v) is 7.59. The maximum absolute atomic E-state index is 12.0. The summed E-state index contributed by atoms with van der Waals surface area (Å²) in [5, 5.41) is 3.95. The Labute approximate surface area is 125 Å². The van der Waals surface area contributed by atoms with E-state index in [0.29, 0.717) is 18.2 Å². The molecule has 1 aromatic heterocycles. The van der Waals surface area contributed by atoms with E-state index >= 15 is 0 Å². The van der Waals surface area contributed by atoms with Crippen LogP contribution in [0.2, 0.25) is 0 Å². The Morgan fingerprint density at radius 3 is 2.95 bits per heavy atom. The minimum atomic E-state index is -0.0191. The molecule has 1 aromatic carbocycles. The molecule has 0 radical (unpaired) electrons. The number of carbonyl (C=O) groups is 1. The highest BCUT2D eigenvalue weighted by Crippen LogP contribution is 2.33. The molecule has 4 nitrogen and oxygen atoms in total. The van der Waals surface area contributed by atoms with Gasteiger partial charge in [-0.2, -0.15) is 0 Å². The molecule has 112 valence electrons.